The lowest BCUT2D eigenvalue weighted by Gasteiger charge is -2.20. The zero-order valence-electron chi connectivity index (χ0n) is 16.2. The molecular weight excluding hydrogens is 344 g/mol. The zero-order valence-corrected chi connectivity index (χ0v) is 16.2. The minimum atomic E-state index is -0.129. The van der Waals surface area contributed by atoms with Crippen molar-refractivity contribution in [2.75, 3.05) is 27.2 Å². The molecule has 0 aliphatic carbocycles. The molecule has 1 unspecified atom stereocenters. The van der Waals surface area contributed by atoms with E-state index in [1.54, 1.807) is 19.3 Å². The molecule has 1 aliphatic rings. The largest absolute Gasteiger partial charge is 0.506 e. The number of rotatable bonds is 7. The molecule has 0 spiro atoms. The third-order valence-corrected chi connectivity index (χ3v) is 4.78. The van der Waals surface area contributed by atoms with Gasteiger partial charge in [0, 0.05) is 55.8 Å². The highest BCUT2D eigenvalue weighted by Crippen LogP contribution is 2.27. The summed E-state index contributed by atoms with van der Waals surface area (Å²) in [6.07, 6.45) is 4.44. The number of ether oxygens (including phenoxy) is 1. The second-order valence-corrected chi connectivity index (χ2v) is 7.34. The van der Waals surface area contributed by atoms with Gasteiger partial charge in [0.25, 0.3) is 0 Å². The van der Waals surface area contributed by atoms with Gasteiger partial charge in [-0.25, -0.2) is 0 Å². The van der Waals surface area contributed by atoms with Crippen LogP contribution in [0.15, 0.2) is 24.5 Å². The summed E-state index contributed by atoms with van der Waals surface area (Å²) in [5, 5.41) is 19.9. The highest BCUT2D eigenvalue weighted by atomic mass is 16.5. The average Bonchev–Trinajstić information content (AvgIpc) is 3.06. The molecule has 3 heterocycles. The number of aromatic hydroxyl groups is 1. The molecule has 0 amide bonds. The molecule has 3 rings (SSSR count). The lowest BCUT2D eigenvalue weighted by atomic mass is 10.1. The first-order valence-electron chi connectivity index (χ1n) is 9.22. The van der Waals surface area contributed by atoms with Crippen molar-refractivity contribution >= 4 is 0 Å². The van der Waals surface area contributed by atoms with Crippen LogP contribution in [0.25, 0.3) is 0 Å². The van der Waals surface area contributed by atoms with Crippen LogP contribution in [-0.2, 0) is 19.7 Å². The van der Waals surface area contributed by atoms with Gasteiger partial charge in [-0.3, -0.25) is 14.9 Å². The Kier molecular flexibility index (Phi) is 6.26. The monoisotopic (exact) mass is 372 g/mol. The van der Waals surface area contributed by atoms with Crippen molar-refractivity contribution in [3.05, 3.63) is 47.0 Å². The first kappa shape index (κ1) is 19.5. The van der Waals surface area contributed by atoms with Crippen molar-refractivity contribution in [2.24, 2.45) is 0 Å². The molecule has 27 heavy (non-hydrogen) atoms. The number of pyridine rings is 2. The molecule has 1 fully saturated rings. The summed E-state index contributed by atoms with van der Waals surface area (Å²) in [6, 6.07) is 3.88. The molecule has 2 aromatic rings. The van der Waals surface area contributed by atoms with Crippen LogP contribution in [0, 0.1) is 6.92 Å². The highest BCUT2D eigenvalue weighted by Gasteiger charge is 2.26. The van der Waals surface area contributed by atoms with Gasteiger partial charge in [-0.1, -0.05) is 0 Å². The van der Waals surface area contributed by atoms with Gasteiger partial charge in [0.05, 0.1) is 18.0 Å². The van der Waals surface area contributed by atoms with E-state index in [1.165, 1.54) is 0 Å². The van der Waals surface area contributed by atoms with Crippen LogP contribution in [0.1, 0.15) is 28.9 Å². The Bertz CT molecular complexity index is 782. The quantitative estimate of drug-likeness (QED) is 0.765. The van der Waals surface area contributed by atoms with E-state index in [1.807, 2.05) is 26.2 Å². The van der Waals surface area contributed by atoms with Crippen LogP contribution in [-0.4, -0.2) is 63.3 Å². The predicted octanol–water partition coefficient (Wildman–Crippen LogP) is 1.70. The minimum absolute atomic E-state index is 0.0993. The predicted molar refractivity (Wildman–Crippen MR) is 102 cm³/mol. The molecule has 146 valence electrons. The van der Waals surface area contributed by atoms with Crippen LogP contribution < -0.4 is 4.74 Å². The summed E-state index contributed by atoms with van der Waals surface area (Å²) in [7, 11) is 4.03. The van der Waals surface area contributed by atoms with Gasteiger partial charge in [0.2, 0.25) is 0 Å². The number of aryl methyl sites for hydroxylation is 1. The van der Waals surface area contributed by atoms with Crippen LogP contribution in [0.5, 0.6) is 11.5 Å². The maximum absolute atomic E-state index is 10.3. The molecule has 0 bridgehead atoms. The van der Waals surface area contributed by atoms with Gasteiger partial charge in [0.15, 0.2) is 0 Å². The molecule has 1 saturated heterocycles. The van der Waals surface area contributed by atoms with E-state index in [2.05, 4.69) is 19.8 Å². The van der Waals surface area contributed by atoms with Gasteiger partial charge in [0.1, 0.15) is 17.6 Å². The van der Waals surface area contributed by atoms with E-state index in [0.29, 0.717) is 17.8 Å². The molecule has 0 saturated carbocycles. The van der Waals surface area contributed by atoms with E-state index < -0.39 is 0 Å². The third kappa shape index (κ3) is 4.94. The number of aliphatic hydroxyl groups is 1. The molecule has 0 aromatic carbocycles. The average molecular weight is 372 g/mol. The van der Waals surface area contributed by atoms with Crippen LogP contribution in [0.2, 0.25) is 0 Å². The maximum Gasteiger partial charge on any atom is 0.141 e. The van der Waals surface area contributed by atoms with Crippen molar-refractivity contribution in [3.8, 4) is 11.5 Å². The minimum Gasteiger partial charge on any atom is -0.506 e. The van der Waals surface area contributed by atoms with E-state index >= 15 is 0 Å². The summed E-state index contributed by atoms with van der Waals surface area (Å²) in [5.41, 5.74) is 2.99. The summed E-state index contributed by atoms with van der Waals surface area (Å²) in [6.45, 7) is 4.65. The Hall–Kier alpha value is -2.22. The fourth-order valence-electron chi connectivity index (χ4n) is 3.39. The molecule has 1 aliphatic heterocycles. The number of hydrogen-bond donors (Lipinski definition) is 2. The lowest BCUT2D eigenvalue weighted by Crippen LogP contribution is -2.25. The van der Waals surface area contributed by atoms with E-state index in [-0.39, 0.29) is 18.5 Å². The normalized spacial score (nSPS) is 17.6. The molecule has 2 aromatic heterocycles. The number of hydrogen-bond acceptors (Lipinski definition) is 7. The van der Waals surface area contributed by atoms with E-state index in [4.69, 9.17) is 4.74 Å². The standard InChI is InChI=1S/C20H28N4O3/c1-14-20(26)19(15(13-25)9-22-14)12-24-7-5-18(11-24)27-17-4-6-21-16(8-17)10-23(2)3/h4,6,8-9,18,25-26H,5,7,10-13H2,1-3H3. The van der Waals surface area contributed by atoms with Gasteiger partial charge in [-0.05, 0) is 33.5 Å². The van der Waals surface area contributed by atoms with Crippen LogP contribution >= 0.6 is 0 Å². The Balaban J connectivity index is 1.62. The van der Waals surface area contributed by atoms with Crippen molar-refractivity contribution < 1.29 is 14.9 Å². The van der Waals surface area contributed by atoms with Crippen molar-refractivity contribution in [3.63, 3.8) is 0 Å². The van der Waals surface area contributed by atoms with Gasteiger partial charge < -0.3 is 19.8 Å². The van der Waals surface area contributed by atoms with Gasteiger partial charge in [-0.2, -0.15) is 0 Å². The topological polar surface area (TPSA) is 82.0 Å². The van der Waals surface area contributed by atoms with Crippen molar-refractivity contribution in [1.29, 1.82) is 0 Å². The molecule has 7 heteroatoms. The fraction of sp³-hybridized carbons (Fsp3) is 0.500. The van der Waals surface area contributed by atoms with Gasteiger partial charge in [-0.15, -0.1) is 0 Å². The molecular formula is C20H28N4O3. The smallest absolute Gasteiger partial charge is 0.141 e. The summed E-state index contributed by atoms with van der Waals surface area (Å²) < 4.78 is 6.15. The Labute approximate surface area is 160 Å². The highest BCUT2D eigenvalue weighted by molar-refractivity contribution is 5.40. The maximum atomic E-state index is 10.3. The molecule has 2 N–H and O–H groups in total. The number of nitrogens with zero attached hydrogens (tertiary/aromatic N) is 4. The van der Waals surface area contributed by atoms with Crippen LogP contribution in [0.3, 0.4) is 0 Å². The van der Waals surface area contributed by atoms with Crippen molar-refractivity contribution in [2.45, 2.75) is 39.1 Å². The molecule has 0 radical (unpaired) electrons. The second-order valence-electron chi connectivity index (χ2n) is 7.34. The summed E-state index contributed by atoms with van der Waals surface area (Å²) in [4.78, 5) is 12.8. The Morgan fingerprint density at radius 3 is 2.89 bits per heavy atom. The molecule has 7 nitrogen and oxygen atoms in total. The lowest BCUT2D eigenvalue weighted by molar-refractivity contribution is 0.196. The summed E-state index contributed by atoms with van der Waals surface area (Å²) in [5.74, 6) is 1.01. The Morgan fingerprint density at radius 2 is 2.15 bits per heavy atom. The van der Waals surface area contributed by atoms with E-state index in [9.17, 15) is 10.2 Å². The first-order valence-corrected chi connectivity index (χ1v) is 9.22. The second kappa shape index (κ2) is 8.65. The van der Waals surface area contributed by atoms with Crippen molar-refractivity contribution in [1.82, 2.24) is 19.8 Å². The van der Waals surface area contributed by atoms with Crippen LogP contribution in [0.4, 0.5) is 0 Å². The third-order valence-electron chi connectivity index (χ3n) is 4.78. The molecule has 1 atom stereocenters. The zero-order chi connectivity index (χ0) is 19.4. The number of aliphatic hydroxyl groups excluding tert-OH is 1. The van der Waals surface area contributed by atoms with Gasteiger partial charge >= 0.3 is 0 Å². The first-order chi connectivity index (χ1) is 13.0. The Morgan fingerprint density at radius 1 is 1.33 bits per heavy atom. The van der Waals surface area contributed by atoms with E-state index in [0.717, 1.165) is 43.1 Å². The fourth-order valence-corrected chi connectivity index (χ4v) is 3.39. The SMILES string of the molecule is Cc1ncc(CO)c(CN2CCC(Oc3ccnc(CN(C)C)c3)C2)c1O. The number of likely N-dealkylation sites (tertiary alicyclic amines) is 1. The number of aromatic nitrogens is 2. The summed E-state index contributed by atoms with van der Waals surface area (Å²) >= 11 is 0.